The fourth-order valence-corrected chi connectivity index (χ4v) is 5.09. The van der Waals surface area contributed by atoms with Crippen molar-refractivity contribution in [2.75, 3.05) is 17.1 Å². The van der Waals surface area contributed by atoms with E-state index in [1.165, 1.54) is 29.2 Å². The van der Waals surface area contributed by atoms with Gasteiger partial charge in [-0.25, -0.2) is 17.2 Å². The van der Waals surface area contributed by atoms with Crippen molar-refractivity contribution in [3.05, 3.63) is 101 Å². The minimum Gasteiger partial charge on any atom is -0.350 e. The molecule has 3 rings (SSSR count). The zero-order chi connectivity index (χ0) is 29.7. The van der Waals surface area contributed by atoms with Crippen LogP contribution in [-0.2, 0) is 32.6 Å². The number of halogens is 3. The Hall–Kier alpha value is -3.50. The molecule has 1 atom stereocenters. The summed E-state index contributed by atoms with van der Waals surface area (Å²) in [6.07, 6.45) is 0.983. The van der Waals surface area contributed by atoms with E-state index in [4.69, 9.17) is 11.6 Å². The third kappa shape index (κ3) is 8.50. The Bertz CT molecular complexity index is 1460. The number of rotatable bonds is 10. The van der Waals surface area contributed by atoms with Crippen LogP contribution in [0.5, 0.6) is 0 Å². The van der Waals surface area contributed by atoms with Gasteiger partial charge in [0, 0.05) is 24.1 Å². The first-order valence-electron chi connectivity index (χ1n) is 12.5. The lowest BCUT2D eigenvalue weighted by Gasteiger charge is -2.35. The molecule has 0 radical (unpaired) electrons. The Labute approximate surface area is 238 Å². The Kier molecular flexibility index (Phi) is 9.92. The summed E-state index contributed by atoms with van der Waals surface area (Å²) in [7, 11) is -4.06. The van der Waals surface area contributed by atoms with Gasteiger partial charge in [0.05, 0.1) is 17.0 Å². The maximum atomic E-state index is 14.8. The summed E-state index contributed by atoms with van der Waals surface area (Å²) in [5.74, 6) is -2.59. The molecule has 0 aliphatic heterocycles. The number of nitrogens with one attached hydrogen (secondary N) is 1. The van der Waals surface area contributed by atoms with Crippen molar-refractivity contribution in [1.82, 2.24) is 10.2 Å². The standard InChI is InChI=1S/C29H32ClF2N3O4S/c1-29(2,3)33-28(37)26(16-20-10-6-5-7-11-20)34(18-21-12-8-9-13-24(21)31)27(36)19-35(40(4,38)39)22-14-15-25(32)23(30)17-22/h5-15,17,26H,16,18-19H2,1-4H3,(H,33,37). The first-order chi connectivity index (χ1) is 18.7. The van der Waals surface area contributed by atoms with Crippen molar-refractivity contribution >= 4 is 39.1 Å². The van der Waals surface area contributed by atoms with Crippen LogP contribution in [0.1, 0.15) is 31.9 Å². The number of carbonyl (C=O) groups is 2. The molecular formula is C29H32ClF2N3O4S. The van der Waals surface area contributed by atoms with Crippen LogP contribution < -0.4 is 9.62 Å². The van der Waals surface area contributed by atoms with Gasteiger partial charge in [0.2, 0.25) is 21.8 Å². The molecule has 0 aromatic heterocycles. The molecule has 11 heteroatoms. The molecule has 0 saturated heterocycles. The van der Waals surface area contributed by atoms with E-state index in [0.29, 0.717) is 0 Å². The monoisotopic (exact) mass is 591 g/mol. The first kappa shape index (κ1) is 31.0. The molecule has 1 N–H and O–H groups in total. The molecule has 214 valence electrons. The number of hydrogen-bond acceptors (Lipinski definition) is 4. The Balaban J connectivity index is 2.10. The van der Waals surface area contributed by atoms with E-state index in [9.17, 15) is 26.8 Å². The van der Waals surface area contributed by atoms with Crippen LogP contribution in [0.15, 0.2) is 72.8 Å². The Morgan fingerprint density at radius 3 is 2.15 bits per heavy atom. The highest BCUT2D eigenvalue weighted by Gasteiger charge is 2.34. The third-order valence-electron chi connectivity index (χ3n) is 5.94. The average molecular weight is 592 g/mol. The van der Waals surface area contributed by atoms with Crippen LogP contribution >= 0.6 is 11.6 Å². The van der Waals surface area contributed by atoms with Gasteiger partial charge < -0.3 is 10.2 Å². The molecule has 0 heterocycles. The van der Waals surface area contributed by atoms with Gasteiger partial charge in [-0.1, -0.05) is 60.1 Å². The molecule has 0 spiro atoms. The topological polar surface area (TPSA) is 86.8 Å². The van der Waals surface area contributed by atoms with Crippen LogP contribution in [0, 0.1) is 11.6 Å². The first-order valence-corrected chi connectivity index (χ1v) is 14.7. The lowest BCUT2D eigenvalue weighted by Crippen LogP contribution is -2.56. The van der Waals surface area contributed by atoms with Crippen LogP contribution in [-0.4, -0.2) is 49.5 Å². The van der Waals surface area contributed by atoms with Gasteiger partial charge >= 0.3 is 0 Å². The largest absolute Gasteiger partial charge is 0.350 e. The summed E-state index contributed by atoms with van der Waals surface area (Å²) in [6.45, 7) is 4.33. The van der Waals surface area contributed by atoms with E-state index in [2.05, 4.69) is 5.32 Å². The highest BCUT2D eigenvalue weighted by atomic mass is 35.5. The van der Waals surface area contributed by atoms with Gasteiger partial charge in [-0.3, -0.25) is 13.9 Å². The summed E-state index contributed by atoms with van der Waals surface area (Å²) in [4.78, 5) is 28.8. The van der Waals surface area contributed by atoms with Crippen molar-refractivity contribution in [2.24, 2.45) is 0 Å². The second-order valence-electron chi connectivity index (χ2n) is 10.4. The van der Waals surface area contributed by atoms with Gasteiger partial charge in [0.15, 0.2) is 0 Å². The van der Waals surface area contributed by atoms with Crippen molar-refractivity contribution in [3.63, 3.8) is 0 Å². The van der Waals surface area contributed by atoms with Crippen LogP contribution in [0.4, 0.5) is 14.5 Å². The van der Waals surface area contributed by atoms with Gasteiger partial charge in [-0.05, 0) is 50.6 Å². The van der Waals surface area contributed by atoms with Gasteiger partial charge in [0.25, 0.3) is 0 Å². The predicted molar refractivity (Wildman–Crippen MR) is 152 cm³/mol. The Morgan fingerprint density at radius 2 is 1.57 bits per heavy atom. The van der Waals surface area contributed by atoms with E-state index in [0.717, 1.165) is 28.3 Å². The fraction of sp³-hybridized carbons (Fsp3) is 0.310. The number of anilines is 1. The number of amides is 2. The molecule has 7 nitrogen and oxygen atoms in total. The SMILES string of the molecule is CC(C)(C)NC(=O)C(Cc1ccccc1)N(Cc1ccccc1F)C(=O)CN(c1ccc(F)c(Cl)c1)S(C)(=O)=O. The molecule has 1 unspecified atom stereocenters. The van der Waals surface area contributed by atoms with Crippen molar-refractivity contribution in [3.8, 4) is 0 Å². The average Bonchev–Trinajstić information content (AvgIpc) is 2.86. The number of benzene rings is 3. The predicted octanol–water partition coefficient (Wildman–Crippen LogP) is 4.94. The summed E-state index contributed by atoms with van der Waals surface area (Å²) < 4.78 is 54.9. The summed E-state index contributed by atoms with van der Waals surface area (Å²) in [5, 5.41) is 2.56. The minimum atomic E-state index is -4.06. The number of hydrogen-bond donors (Lipinski definition) is 1. The third-order valence-corrected chi connectivity index (χ3v) is 7.37. The van der Waals surface area contributed by atoms with Crippen molar-refractivity contribution < 1.29 is 26.8 Å². The second kappa shape index (κ2) is 12.8. The van der Waals surface area contributed by atoms with Gasteiger partial charge in [-0.15, -0.1) is 0 Å². The van der Waals surface area contributed by atoms with E-state index in [-0.39, 0.29) is 29.2 Å². The Morgan fingerprint density at radius 1 is 0.950 bits per heavy atom. The van der Waals surface area contributed by atoms with Crippen LogP contribution in [0.2, 0.25) is 5.02 Å². The lowest BCUT2D eigenvalue weighted by atomic mass is 10.0. The van der Waals surface area contributed by atoms with Gasteiger partial charge in [-0.2, -0.15) is 0 Å². The number of nitrogens with zero attached hydrogens (tertiary/aromatic N) is 2. The number of carbonyl (C=O) groups excluding carboxylic acids is 2. The fourth-order valence-electron chi connectivity index (χ4n) is 4.07. The maximum Gasteiger partial charge on any atom is 0.244 e. The molecule has 3 aromatic rings. The zero-order valence-corrected chi connectivity index (χ0v) is 24.3. The molecule has 0 bridgehead atoms. The quantitative estimate of drug-likeness (QED) is 0.362. The van der Waals surface area contributed by atoms with Crippen molar-refractivity contribution in [1.29, 1.82) is 0 Å². The lowest BCUT2D eigenvalue weighted by molar-refractivity contribution is -0.140. The highest BCUT2D eigenvalue weighted by Crippen LogP contribution is 2.25. The van der Waals surface area contributed by atoms with E-state index in [1.807, 2.05) is 6.07 Å². The molecule has 0 saturated carbocycles. The van der Waals surface area contributed by atoms with Crippen LogP contribution in [0.3, 0.4) is 0 Å². The highest BCUT2D eigenvalue weighted by molar-refractivity contribution is 7.92. The van der Waals surface area contributed by atoms with Crippen LogP contribution in [0.25, 0.3) is 0 Å². The smallest absolute Gasteiger partial charge is 0.244 e. The minimum absolute atomic E-state index is 0.0353. The zero-order valence-electron chi connectivity index (χ0n) is 22.7. The second-order valence-corrected chi connectivity index (χ2v) is 12.7. The molecule has 0 aliphatic carbocycles. The van der Waals surface area contributed by atoms with E-state index in [1.54, 1.807) is 51.1 Å². The molecule has 0 fully saturated rings. The molecule has 0 aliphatic rings. The molecule has 3 aromatic carbocycles. The molecule has 2 amide bonds. The molecule has 40 heavy (non-hydrogen) atoms. The molecular weight excluding hydrogens is 560 g/mol. The maximum absolute atomic E-state index is 14.8. The normalized spacial score (nSPS) is 12.5. The van der Waals surface area contributed by atoms with Crippen molar-refractivity contribution in [2.45, 2.75) is 45.3 Å². The summed E-state index contributed by atoms with van der Waals surface area (Å²) in [6, 6.07) is 17.0. The number of sulfonamides is 1. The summed E-state index contributed by atoms with van der Waals surface area (Å²) in [5.41, 5.74) is 0.204. The van der Waals surface area contributed by atoms with Gasteiger partial charge in [0.1, 0.15) is 24.2 Å². The van der Waals surface area contributed by atoms with E-state index < -0.39 is 51.6 Å². The summed E-state index contributed by atoms with van der Waals surface area (Å²) >= 11 is 5.89. The van der Waals surface area contributed by atoms with E-state index >= 15 is 0 Å².